The topological polar surface area (TPSA) is 203 Å². The van der Waals surface area contributed by atoms with E-state index in [-0.39, 0.29) is 34.4 Å². The highest BCUT2D eigenvalue weighted by atomic mass is 32.2. The third kappa shape index (κ3) is 5.35. The predicted molar refractivity (Wildman–Crippen MR) is 168 cm³/mol. The number of hydrogen-bond acceptors (Lipinski definition) is 14. The second kappa shape index (κ2) is 11.9. The average Bonchev–Trinajstić information content (AvgIpc) is 3.63. The molecule has 0 saturated carbocycles. The van der Waals surface area contributed by atoms with Crippen LogP contribution in [0.3, 0.4) is 0 Å². The highest BCUT2D eigenvalue weighted by Crippen LogP contribution is 2.59. The molecule has 0 atom stereocenters. The summed E-state index contributed by atoms with van der Waals surface area (Å²) in [5.74, 6) is -1.05. The molecule has 2 aliphatic heterocycles. The molecule has 44 heavy (non-hydrogen) atoms. The zero-order valence-corrected chi connectivity index (χ0v) is 25.9. The van der Waals surface area contributed by atoms with Gasteiger partial charge in [-0.2, -0.15) is 10.5 Å². The summed E-state index contributed by atoms with van der Waals surface area (Å²) in [7, 11) is 0. The number of nitrogens with zero attached hydrogens (tertiary/aromatic N) is 5. The van der Waals surface area contributed by atoms with Gasteiger partial charge >= 0.3 is 5.97 Å². The average molecular weight is 666 g/mol. The zero-order chi connectivity index (χ0) is 32.0. The van der Waals surface area contributed by atoms with Crippen molar-refractivity contribution in [2.45, 2.75) is 20.8 Å². The van der Waals surface area contributed by atoms with Crippen molar-refractivity contribution in [2.75, 3.05) is 6.61 Å². The monoisotopic (exact) mass is 665 g/mol. The molecule has 17 heteroatoms. The number of non-ortho nitro benzene ring substituents is 2. The molecule has 2 aromatic carbocycles. The van der Waals surface area contributed by atoms with Gasteiger partial charge in [-0.3, -0.25) is 30.3 Å². The Morgan fingerprint density at radius 2 is 1.30 bits per heavy atom. The maximum Gasteiger partial charge on any atom is 0.339 e. The number of nitriles is 2. The van der Waals surface area contributed by atoms with Gasteiger partial charge < -0.3 is 4.74 Å². The fourth-order valence-electron chi connectivity index (χ4n) is 4.58. The number of esters is 1. The molecular formula is C27H15N5O8S4. The summed E-state index contributed by atoms with van der Waals surface area (Å²) in [6.07, 6.45) is 0. The lowest BCUT2D eigenvalue weighted by Gasteiger charge is -2.11. The molecule has 13 nitrogen and oxygen atoms in total. The van der Waals surface area contributed by atoms with Crippen LogP contribution in [0, 0.1) is 53.0 Å². The summed E-state index contributed by atoms with van der Waals surface area (Å²) in [5, 5.41) is 55.0. The van der Waals surface area contributed by atoms with Gasteiger partial charge in [0, 0.05) is 50.3 Å². The first kappa shape index (κ1) is 30.9. The van der Waals surface area contributed by atoms with E-state index in [1.54, 1.807) is 35.7 Å². The van der Waals surface area contributed by atoms with E-state index in [9.17, 15) is 45.7 Å². The Balaban J connectivity index is 1.62. The minimum Gasteiger partial charge on any atom is -0.457 e. The third-order valence-electron chi connectivity index (χ3n) is 6.67. The lowest BCUT2D eigenvalue weighted by molar-refractivity contribution is -0.393. The zero-order valence-electron chi connectivity index (χ0n) is 22.7. The SMILES string of the molecule is CC1=C(C)SC(=C2SC(C)=C(COC(=O)c3cc([N+](=O)[O-])cc4c3-c3c(cc([N+](=O)[O-])cc3[N+](=O)[O-])C4=C(C#N)C#N)S2)S1. The highest BCUT2D eigenvalue weighted by molar-refractivity contribution is 8.34. The van der Waals surface area contributed by atoms with Crippen molar-refractivity contribution >= 4 is 75.7 Å². The fraction of sp³-hybridized carbons (Fsp3) is 0.148. The van der Waals surface area contributed by atoms with E-state index in [2.05, 4.69) is 0 Å². The van der Waals surface area contributed by atoms with E-state index >= 15 is 0 Å². The summed E-state index contributed by atoms with van der Waals surface area (Å²) >= 11 is 6.28. The summed E-state index contributed by atoms with van der Waals surface area (Å²) in [6.45, 7) is 5.73. The molecule has 2 aromatic rings. The number of nitro groups is 3. The molecule has 0 unspecified atom stereocenters. The summed E-state index contributed by atoms with van der Waals surface area (Å²) in [4.78, 5) is 50.7. The van der Waals surface area contributed by atoms with E-state index in [0.29, 0.717) is 6.07 Å². The molecule has 0 amide bonds. The molecule has 0 bridgehead atoms. The number of thioether (sulfide) groups is 4. The van der Waals surface area contributed by atoms with Gasteiger partial charge in [-0.15, -0.1) is 0 Å². The Kier molecular flexibility index (Phi) is 8.32. The van der Waals surface area contributed by atoms with E-state index in [0.717, 1.165) is 36.5 Å². The van der Waals surface area contributed by atoms with E-state index in [1.165, 1.54) is 33.3 Å². The fourth-order valence-corrected chi connectivity index (χ4v) is 9.96. The van der Waals surface area contributed by atoms with Crippen LogP contribution in [0.15, 0.2) is 57.9 Å². The van der Waals surface area contributed by atoms with Crippen LogP contribution < -0.4 is 0 Å². The van der Waals surface area contributed by atoms with Crippen molar-refractivity contribution in [1.82, 2.24) is 0 Å². The molecule has 5 rings (SSSR count). The normalized spacial score (nSPS) is 15.2. The van der Waals surface area contributed by atoms with Crippen molar-refractivity contribution in [2.24, 2.45) is 0 Å². The number of carbonyl (C=O) groups excluding carboxylic acids is 1. The molecule has 0 saturated heterocycles. The first-order chi connectivity index (χ1) is 20.9. The first-order valence-electron chi connectivity index (χ1n) is 12.2. The van der Waals surface area contributed by atoms with Gasteiger partial charge in [0.15, 0.2) is 0 Å². The van der Waals surface area contributed by atoms with Crippen LogP contribution in [-0.2, 0) is 4.74 Å². The minimum atomic E-state index is -1.05. The smallest absolute Gasteiger partial charge is 0.339 e. The van der Waals surface area contributed by atoms with Gasteiger partial charge in [0.05, 0.1) is 40.4 Å². The number of ether oxygens (including phenoxy) is 1. The summed E-state index contributed by atoms with van der Waals surface area (Å²) in [5.41, 5.74) is -4.40. The van der Waals surface area contributed by atoms with E-state index in [1.807, 2.05) is 20.8 Å². The molecule has 0 fully saturated rings. The Bertz CT molecular complexity index is 1950. The van der Waals surface area contributed by atoms with Crippen molar-refractivity contribution in [3.8, 4) is 23.3 Å². The summed E-state index contributed by atoms with van der Waals surface area (Å²) < 4.78 is 7.73. The number of carbonyl (C=O) groups is 1. The van der Waals surface area contributed by atoms with E-state index in [4.69, 9.17) is 4.74 Å². The standard InChI is InChI=1S/C27H15N5O8S4/c1-11-12(2)42-26(41-11)27-43-13(3)21(44-27)10-40-25(33)19-6-15(30(34)35)4-17-22(14(8-28)9-29)18-5-16(31(36)37)7-20(32(38)39)24(18)23(17)19/h4-7H,10H2,1-3H3. The molecule has 0 spiro atoms. The van der Waals surface area contributed by atoms with Crippen LogP contribution in [0.25, 0.3) is 16.7 Å². The van der Waals surface area contributed by atoms with Crippen LogP contribution in [0.5, 0.6) is 0 Å². The second-order valence-corrected chi connectivity index (χ2v) is 14.5. The first-order valence-corrected chi connectivity index (χ1v) is 15.5. The van der Waals surface area contributed by atoms with Gasteiger partial charge in [-0.1, -0.05) is 47.0 Å². The number of rotatable bonds is 6. The van der Waals surface area contributed by atoms with Gasteiger partial charge in [-0.05, 0) is 30.6 Å². The van der Waals surface area contributed by atoms with Gasteiger partial charge in [-0.25, -0.2) is 4.79 Å². The predicted octanol–water partition coefficient (Wildman–Crippen LogP) is 7.97. The van der Waals surface area contributed by atoms with Gasteiger partial charge in [0.25, 0.3) is 17.1 Å². The molecule has 0 N–H and O–H groups in total. The number of allylic oxidation sites excluding steroid dienone is 4. The van der Waals surface area contributed by atoms with Crippen LogP contribution in [0.4, 0.5) is 17.1 Å². The lowest BCUT2D eigenvalue weighted by atomic mass is 9.96. The minimum absolute atomic E-state index is 0.198. The quantitative estimate of drug-likeness (QED) is 0.106. The maximum absolute atomic E-state index is 13.6. The van der Waals surface area contributed by atoms with Crippen molar-refractivity contribution in [3.63, 3.8) is 0 Å². The molecule has 2 heterocycles. The molecular weight excluding hydrogens is 651 g/mol. The molecule has 3 aliphatic rings. The number of benzene rings is 2. The lowest BCUT2D eigenvalue weighted by Crippen LogP contribution is -2.10. The molecule has 1 aliphatic carbocycles. The number of nitro benzene ring substituents is 3. The molecule has 0 aromatic heterocycles. The van der Waals surface area contributed by atoms with Crippen molar-refractivity contribution in [1.29, 1.82) is 10.5 Å². The van der Waals surface area contributed by atoms with Crippen molar-refractivity contribution in [3.05, 3.63) is 105 Å². The van der Waals surface area contributed by atoms with Crippen LogP contribution in [0.1, 0.15) is 42.3 Å². The maximum atomic E-state index is 13.6. The third-order valence-corrected chi connectivity index (χ3v) is 12.4. The van der Waals surface area contributed by atoms with E-state index < -0.39 is 48.9 Å². The Morgan fingerprint density at radius 1 is 0.773 bits per heavy atom. The Morgan fingerprint density at radius 3 is 1.84 bits per heavy atom. The second-order valence-electron chi connectivity index (χ2n) is 9.20. The van der Waals surface area contributed by atoms with Gasteiger partial charge in [0.2, 0.25) is 0 Å². The van der Waals surface area contributed by atoms with Gasteiger partial charge in [0.1, 0.15) is 24.3 Å². The largest absolute Gasteiger partial charge is 0.457 e. The number of hydrogen-bond donors (Lipinski definition) is 0. The van der Waals surface area contributed by atoms with Crippen LogP contribution >= 0.6 is 47.0 Å². The highest BCUT2D eigenvalue weighted by Gasteiger charge is 2.40. The number of fused-ring (bicyclic) bond motifs is 3. The Labute approximate surface area is 265 Å². The van der Waals surface area contributed by atoms with Crippen LogP contribution in [-0.4, -0.2) is 27.3 Å². The van der Waals surface area contributed by atoms with Crippen LogP contribution in [0.2, 0.25) is 0 Å². The molecule has 0 radical (unpaired) electrons. The molecule has 220 valence electrons. The Hall–Kier alpha value is -4.55. The van der Waals surface area contributed by atoms with Crippen molar-refractivity contribution < 1.29 is 24.3 Å². The summed E-state index contributed by atoms with van der Waals surface area (Å²) in [6, 6.07) is 6.76.